The Morgan fingerprint density at radius 1 is 1.47 bits per heavy atom. The second-order valence-electron chi connectivity index (χ2n) is 4.65. The number of rotatable bonds is 6. The number of ketones is 1. The van der Waals surface area contributed by atoms with Gasteiger partial charge in [0.15, 0.2) is 11.6 Å². The van der Waals surface area contributed by atoms with E-state index in [0.717, 1.165) is 11.0 Å². The van der Waals surface area contributed by atoms with E-state index in [1.165, 1.54) is 0 Å². The van der Waals surface area contributed by atoms with Crippen molar-refractivity contribution in [2.75, 3.05) is 13.7 Å². The Labute approximate surface area is 112 Å². The highest BCUT2D eigenvalue weighted by molar-refractivity contribution is 5.96. The molecule has 102 valence electrons. The Hall–Kier alpha value is -1.72. The lowest BCUT2D eigenvalue weighted by atomic mass is 10.1. The third kappa shape index (κ3) is 3.00. The normalized spacial score (nSPS) is 12.8. The number of hydrogen-bond donors (Lipinski definition) is 1. The first-order valence-electron chi connectivity index (χ1n) is 6.32. The van der Waals surface area contributed by atoms with E-state index in [4.69, 9.17) is 10.5 Å². The van der Waals surface area contributed by atoms with E-state index in [-0.39, 0.29) is 11.8 Å². The number of hydrogen-bond acceptors (Lipinski definition) is 4. The summed E-state index contributed by atoms with van der Waals surface area (Å²) >= 11 is 0. The smallest absolute Gasteiger partial charge is 0.199 e. The van der Waals surface area contributed by atoms with Crippen LogP contribution in [0, 0.1) is 0 Å². The molecule has 0 aliphatic carbocycles. The summed E-state index contributed by atoms with van der Waals surface area (Å²) in [5.74, 6) is 0.441. The first-order chi connectivity index (χ1) is 9.13. The SMILES string of the molecule is COCCC(N)CC(=O)c1nc2ccccc2n1C. The summed E-state index contributed by atoms with van der Waals surface area (Å²) in [5.41, 5.74) is 7.69. The van der Waals surface area contributed by atoms with Gasteiger partial charge in [-0.2, -0.15) is 0 Å². The molecule has 5 heteroatoms. The average molecular weight is 261 g/mol. The highest BCUT2D eigenvalue weighted by Gasteiger charge is 2.17. The maximum atomic E-state index is 12.2. The van der Waals surface area contributed by atoms with E-state index in [1.54, 1.807) is 7.11 Å². The number of aryl methyl sites for hydroxylation is 1. The summed E-state index contributed by atoms with van der Waals surface area (Å²) in [7, 11) is 3.48. The number of carbonyl (C=O) groups excluding carboxylic acids is 1. The molecule has 0 aliphatic heterocycles. The monoisotopic (exact) mass is 261 g/mol. The van der Waals surface area contributed by atoms with Crippen molar-refractivity contribution in [3.8, 4) is 0 Å². The molecule has 1 heterocycles. The fourth-order valence-corrected chi connectivity index (χ4v) is 2.10. The highest BCUT2D eigenvalue weighted by Crippen LogP contribution is 2.15. The molecule has 1 aromatic carbocycles. The van der Waals surface area contributed by atoms with E-state index in [0.29, 0.717) is 25.3 Å². The van der Waals surface area contributed by atoms with Crippen molar-refractivity contribution in [1.82, 2.24) is 9.55 Å². The zero-order valence-electron chi connectivity index (χ0n) is 11.3. The predicted molar refractivity (Wildman–Crippen MR) is 74.1 cm³/mol. The predicted octanol–water partition coefficient (Wildman–Crippen LogP) is 1.51. The van der Waals surface area contributed by atoms with Crippen molar-refractivity contribution in [2.24, 2.45) is 12.8 Å². The van der Waals surface area contributed by atoms with E-state index in [9.17, 15) is 4.79 Å². The zero-order valence-corrected chi connectivity index (χ0v) is 11.3. The minimum Gasteiger partial charge on any atom is -0.385 e. The number of nitrogens with zero attached hydrogens (tertiary/aromatic N) is 2. The second-order valence-corrected chi connectivity index (χ2v) is 4.65. The average Bonchev–Trinajstić information content (AvgIpc) is 2.74. The lowest BCUT2D eigenvalue weighted by Crippen LogP contribution is -2.26. The lowest BCUT2D eigenvalue weighted by molar-refractivity contribution is 0.0954. The number of para-hydroxylation sites is 2. The molecule has 1 unspecified atom stereocenters. The maximum Gasteiger partial charge on any atom is 0.199 e. The largest absolute Gasteiger partial charge is 0.385 e. The molecule has 0 spiro atoms. The van der Waals surface area contributed by atoms with Gasteiger partial charge in [0, 0.05) is 33.2 Å². The number of nitrogens with two attached hydrogens (primary N) is 1. The third-order valence-corrected chi connectivity index (χ3v) is 3.18. The number of methoxy groups -OCH3 is 1. The maximum absolute atomic E-state index is 12.2. The van der Waals surface area contributed by atoms with Crippen molar-refractivity contribution >= 4 is 16.8 Å². The first-order valence-corrected chi connectivity index (χ1v) is 6.32. The minimum absolute atomic E-state index is 0.0256. The molecule has 0 saturated heterocycles. The minimum atomic E-state index is -0.188. The van der Waals surface area contributed by atoms with Crippen LogP contribution in [0.5, 0.6) is 0 Å². The molecule has 0 bridgehead atoms. The van der Waals surface area contributed by atoms with Crippen LogP contribution in [0.2, 0.25) is 0 Å². The summed E-state index contributed by atoms with van der Waals surface area (Å²) < 4.78 is 6.78. The standard InChI is InChI=1S/C14H19N3O2/c1-17-12-6-4-3-5-11(12)16-14(17)13(18)9-10(15)7-8-19-2/h3-6,10H,7-9,15H2,1-2H3. The quantitative estimate of drug-likeness (QED) is 0.800. The molecule has 2 rings (SSSR count). The van der Waals surface area contributed by atoms with Gasteiger partial charge in [0.1, 0.15) is 0 Å². The van der Waals surface area contributed by atoms with Gasteiger partial charge in [-0.25, -0.2) is 4.98 Å². The van der Waals surface area contributed by atoms with Crippen LogP contribution in [0.25, 0.3) is 11.0 Å². The van der Waals surface area contributed by atoms with Gasteiger partial charge in [-0.15, -0.1) is 0 Å². The molecular weight excluding hydrogens is 242 g/mol. The van der Waals surface area contributed by atoms with Gasteiger partial charge in [0.05, 0.1) is 11.0 Å². The van der Waals surface area contributed by atoms with Crippen LogP contribution in [-0.4, -0.2) is 35.1 Å². The molecule has 0 aliphatic rings. The van der Waals surface area contributed by atoms with Crippen molar-refractivity contribution in [2.45, 2.75) is 18.9 Å². The number of aromatic nitrogens is 2. The fourth-order valence-electron chi connectivity index (χ4n) is 2.10. The topological polar surface area (TPSA) is 70.1 Å². The molecule has 0 fully saturated rings. The third-order valence-electron chi connectivity index (χ3n) is 3.18. The molecule has 1 atom stereocenters. The summed E-state index contributed by atoms with van der Waals surface area (Å²) in [6, 6.07) is 7.50. The summed E-state index contributed by atoms with van der Waals surface area (Å²) in [6.45, 7) is 0.566. The molecular formula is C14H19N3O2. The van der Waals surface area contributed by atoms with Crippen molar-refractivity contribution in [1.29, 1.82) is 0 Å². The van der Waals surface area contributed by atoms with Gasteiger partial charge in [0.2, 0.25) is 0 Å². The molecule has 19 heavy (non-hydrogen) atoms. The van der Waals surface area contributed by atoms with Gasteiger partial charge in [-0.3, -0.25) is 4.79 Å². The van der Waals surface area contributed by atoms with Crippen molar-refractivity contribution in [3.05, 3.63) is 30.1 Å². The number of benzene rings is 1. The molecule has 0 radical (unpaired) electrons. The van der Waals surface area contributed by atoms with E-state index in [2.05, 4.69) is 4.98 Å². The lowest BCUT2D eigenvalue weighted by Gasteiger charge is -2.09. The number of carbonyl (C=O) groups is 1. The summed E-state index contributed by atoms with van der Waals surface area (Å²) in [6.07, 6.45) is 0.965. The first kappa shape index (κ1) is 13.7. The fraction of sp³-hybridized carbons (Fsp3) is 0.429. The van der Waals surface area contributed by atoms with Gasteiger partial charge < -0.3 is 15.0 Å². The molecule has 2 aromatic rings. The van der Waals surface area contributed by atoms with Crippen LogP contribution >= 0.6 is 0 Å². The van der Waals surface area contributed by atoms with Gasteiger partial charge >= 0.3 is 0 Å². The van der Waals surface area contributed by atoms with E-state index in [1.807, 2.05) is 35.9 Å². The number of ether oxygens (including phenoxy) is 1. The highest BCUT2D eigenvalue weighted by atomic mass is 16.5. The molecule has 5 nitrogen and oxygen atoms in total. The van der Waals surface area contributed by atoms with Crippen molar-refractivity contribution < 1.29 is 9.53 Å². The van der Waals surface area contributed by atoms with Crippen LogP contribution in [0.4, 0.5) is 0 Å². The Morgan fingerprint density at radius 2 is 2.21 bits per heavy atom. The van der Waals surface area contributed by atoms with Crippen LogP contribution in [0.1, 0.15) is 23.5 Å². The van der Waals surface area contributed by atoms with Crippen LogP contribution < -0.4 is 5.73 Å². The Morgan fingerprint density at radius 3 is 2.89 bits per heavy atom. The Balaban J connectivity index is 2.15. The van der Waals surface area contributed by atoms with Gasteiger partial charge in [0.25, 0.3) is 0 Å². The van der Waals surface area contributed by atoms with E-state index >= 15 is 0 Å². The van der Waals surface area contributed by atoms with Crippen LogP contribution in [0.3, 0.4) is 0 Å². The summed E-state index contributed by atoms with van der Waals surface area (Å²) in [5, 5.41) is 0. The number of fused-ring (bicyclic) bond motifs is 1. The Kier molecular flexibility index (Phi) is 4.29. The molecule has 0 saturated carbocycles. The van der Waals surface area contributed by atoms with E-state index < -0.39 is 0 Å². The Bertz CT molecular complexity index is 577. The molecule has 2 N–H and O–H groups in total. The van der Waals surface area contributed by atoms with Gasteiger partial charge in [-0.1, -0.05) is 12.1 Å². The number of imidazole rings is 1. The number of Topliss-reactive ketones (excluding diaryl/α,β-unsaturated/α-hetero) is 1. The second kappa shape index (κ2) is 5.95. The molecule has 1 aromatic heterocycles. The van der Waals surface area contributed by atoms with Crippen LogP contribution in [0.15, 0.2) is 24.3 Å². The zero-order chi connectivity index (χ0) is 13.8. The van der Waals surface area contributed by atoms with Gasteiger partial charge in [-0.05, 0) is 18.6 Å². The summed E-state index contributed by atoms with van der Waals surface area (Å²) in [4.78, 5) is 16.6. The molecule has 0 amide bonds. The van der Waals surface area contributed by atoms with Crippen LogP contribution in [-0.2, 0) is 11.8 Å². The van der Waals surface area contributed by atoms with Crippen molar-refractivity contribution in [3.63, 3.8) is 0 Å².